The van der Waals surface area contributed by atoms with Gasteiger partial charge in [-0.05, 0) is 40.5 Å². The van der Waals surface area contributed by atoms with E-state index in [1.54, 1.807) is 4.90 Å². The molecule has 196 valence electrons. The fraction of sp³-hybridized carbons (Fsp3) is 0.394. The minimum atomic E-state index is -0.574. The maximum absolute atomic E-state index is 13.8. The Labute approximate surface area is 223 Å². The zero-order chi connectivity index (χ0) is 26.7. The summed E-state index contributed by atoms with van der Waals surface area (Å²) in [6.07, 6.45) is 3.40. The van der Waals surface area contributed by atoms with Gasteiger partial charge < -0.3 is 10.2 Å². The summed E-state index contributed by atoms with van der Waals surface area (Å²) in [5.41, 5.74) is 4.57. The average Bonchev–Trinajstić information content (AvgIpc) is 2.90. The molecule has 0 heterocycles. The summed E-state index contributed by atoms with van der Waals surface area (Å²) in [6, 6.07) is 27.9. The van der Waals surface area contributed by atoms with Gasteiger partial charge in [-0.3, -0.25) is 9.59 Å². The summed E-state index contributed by atoms with van der Waals surface area (Å²) >= 11 is 0. The zero-order valence-corrected chi connectivity index (χ0v) is 22.9. The topological polar surface area (TPSA) is 49.4 Å². The van der Waals surface area contributed by atoms with E-state index in [0.717, 1.165) is 29.5 Å². The van der Waals surface area contributed by atoms with Crippen molar-refractivity contribution in [1.82, 2.24) is 10.2 Å². The highest BCUT2D eigenvalue weighted by Gasteiger charge is 2.30. The minimum absolute atomic E-state index is 0.00433. The van der Waals surface area contributed by atoms with E-state index in [4.69, 9.17) is 0 Å². The second kappa shape index (κ2) is 13.8. The molecule has 0 radical (unpaired) electrons. The largest absolute Gasteiger partial charge is 0.354 e. The highest BCUT2D eigenvalue weighted by Crippen LogP contribution is 2.23. The maximum Gasteiger partial charge on any atom is 0.243 e. The first-order valence-corrected chi connectivity index (χ1v) is 13.5. The molecule has 0 fully saturated rings. The van der Waals surface area contributed by atoms with Crippen molar-refractivity contribution in [3.8, 4) is 0 Å². The molecule has 0 aliphatic rings. The van der Waals surface area contributed by atoms with Crippen LogP contribution in [0.15, 0.2) is 84.9 Å². The van der Waals surface area contributed by atoms with Crippen LogP contribution >= 0.6 is 0 Å². The van der Waals surface area contributed by atoms with Crippen LogP contribution in [0.2, 0.25) is 0 Å². The van der Waals surface area contributed by atoms with Gasteiger partial charge in [0.1, 0.15) is 6.04 Å². The van der Waals surface area contributed by atoms with Crippen molar-refractivity contribution in [2.45, 2.75) is 77.8 Å². The number of amides is 2. The number of benzene rings is 3. The van der Waals surface area contributed by atoms with Gasteiger partial charge >= 0.3 is 0 Å². The Kier molecular flexibility index (Phi) is 10.5. The number of nitrogens with zero attached hydrogens (tertiary/aromatic N) is 1. The molecule has 0 aliphatic carbocycles. The summed E-state index contributed by atoms with van der Waals surface area (Å²) in [7, 11) is 0. The third-order valence-corrected chi connectivity index (χ3v) is 6.74. The van der Waals surface area contributed by atoms with E-state index < -0.39 is 6.04 Å². The lowest BCUT2D eigenvalue weighted by Crippen LogP contribution is -2.50. The third-order valence-electron chi connectivity index (χ3n) is 6.74. The van der Waals surface area contributed by atoms with Crippen LogP contribution in [-0.2, 0) is 34.4 Å². The summed E-state index contributed by atoms with van der Waals surface area (Å²) in [5, 5.41) is 3.09. The smallest absolute Gasteiger partial charge is 0.243 e. The summed E-state index contributed by atoms with van der Waals surface area (Å²) < 4.78 is 0. The van der Waals surface area contributed by atoms with Crippen molar-refractivity contribution in [3.63, 3.8) is 0 Å². The second-order valence-electron chi connectivity index (χ2n) is 10.8. The van der Waals surface area contributed by atoms with Gasteiger partial charge in [-0.2, -0.15) is 0 Å². The normalized spacial score (nSPS) is 12.1. The van der Waals surface area contributed by atoms with E-state index in [9.17, 15) is 9.59 Å². The first-order chi connectivity index (χ1) is 17.8. The fourth-order valence-electron chi connectivity index (χ4n) is 4.41. The monoisotopic (exact) mass is 498 g/mol. The minimum Gasteiger partial charge on any atom is -0.354 e. The van der Waals surface area contributed by atoms with E-state index in [0.29, 0.717) is 32.4 Å². The molecule has 37 heavy (non-hydrogen) atoms. The van der Waals surface area contributed by atoms with E-state index >= 15 is 0 Å². The number of aryl methyl sites for hydroxylation is 1. The van der Waals surface area contributed by atoms with Crippen LogP contribution in [0.5, 0.6) is 0 Å². The zero-order valence-electron chi connectivity index (χ0n) is 22.9. The first kappa shape index (κ1) is 28.2. The van der Waals surface area contributed by atoms with Crippen LogP contribution in [0.1, 0.15) is 69.2 Å². The molecule has 0 bridgehead atoms. The van der Waals surface area contributed by atoms with Gasteiger partial charge in [-0.25, -0.2) is 0 Å². The number of carbonyl (C=O) groups excluding carboxylic acids is 2. The van der Waals surface area contributed by atoms with Crippen LogP contribution in [0, 0.1) is 0 Å². The lowest BCUT2D eigenvalue weighted by molar-refractivity contribution is -0.141. The lowest BCUT2D eigenvalue weighted by atomic mass is 9.86. The molecule has 3 aromatic carbocycles. The van der Waals surface area contributed by atoms with E-state index in [-0.39, 0.29) is 17.2 Å². The van der Waals surface area contributed by atoms with Gasteiger partial charge in [-0.1, -0.05) is 119 Å². The molecule has 0 aromatic heterocycles. The Hall–Kier alpha value is -3.40. The fourth-order valence-corrected chi connectivity index (χ4v) is 4.41. The molecule has 3 aromatic rings. The number of hydrogen-bond donors (Lipinski definition) is 1. The van der Waals surface area contributed by atoms with Crippen molar-refractivity contribution < 1.29 is 9.59 Å². The van der Waals surface area contributed by atoms with E-state index in [1.807, 2.05) is 60.7 Å². The molecule has 0 aliphatic heterocycles. The van der Waals surface area contributed by atoms with E-state index in [2.05, 4.69) is 57.3 Å². The van der Waals surface area contributed by atoms with Crippen LogP contribution in [-0.4, -0.2) is 29.3 Å². The predicted molar refractivity (Wildman–Crippen MR) is 152 cm³/mol. The number of carbonyl (C=O) groups is 2. The standard InChI is InChI=1S/C33H42N2O2/c1-5-6-23-34-32(37)30(24-27-13-9-7-10-14-27)35(25-28-15-11-8-12-16-28)31(36)22-19-26-17-20-29(21-18-26)33(2,3)4/h7-18,20-21,30H,5-6,19,22-25H2,1-4H3,(H,34,37). The molecular weight excluding hydrogens is 456 g/mol. The molecule has 4 heteroatoms. The number of nitrogens with one attached hydrogen (secondary N) is 1. The molecule has 1 unspecified atom stereocenters. The summed E-state index contributed by atoms with van der Waals surface area (Å²) in [4.78, 5) is 29.0. The van der Waals surface area contributed by atoms with Gasteiger partial charge in [0, 0.05) is 25.9 Å². The first-order valence-electron chi connectivity index (χ1n) is 13.5. The van der Waals surface area contributed by atoms with Gasteiger partial charge in [0.2, 0.25) is 11.8 Å². The Morgan fingerprint density at radius 2 is 1.41 bits per heavy atom. The SMILES string of the molecule is CCCCNC(=O)C(Cc1ccccc1)N(Cc1ccccc1)C(=O)CCc1ccc(C(C)(C)C)cc1. The molecule has 1 atom stereocenters. The van der Waals surface area contributed by atoms with Crippen LogP contribution in [0.3, 0.4) is 0 Å². The quantitative estimate of drug-likeness (QED) is 0.291. The average molecular weight is 499 g/mol. The molecule has 1 N–H and O–H groups in total. The molecule has 2 amide bonds. The van der Waals surface area contributed by atoms with Gasteiger partial charge in [-0.15, -0.1) is 0 Å². The van der Waals surface area contributed by atoms with Crippen molar-refractivity contribution >= 4 is 11.8 Å². The summed E-state index contributed by atoms with van der Waals surface area (Å²) in [5.74, 6) is -0.0913. The Morgan fingerprint density at radius 1 is 0.811 bits per heavy atom. The maximum atomic E-state index is 13.8. The number of unbranched alkanes of at least 4 members (excludes halogenated alkanes) is 1. The van der Waals surface area contributed by atoms with Gasteiger partial charge in [0.05, 0.1) is 0 Å². The van der Waals surface area contributed by atoms with E-state index in [1.165, 1.54) is 5.56 Å². The predicted octanol–water partition coefficient (Wildman–Crippen LogP) is 6.47. The second-order valence-corrected chi connectivity index (χ2v) is 10.8. The van der Waals surface area contributed by atoms with Gasteiger partial charge in [0.15, 0.2) is 0 Å². The Balaban J connectivity index is 1.83. The Morgan fingerprint density at radius 3 is 1.97 bits per heavy atom. The van der Waals surface area contributed by atoms with Crippen molar-refractivity contribution in [2.75, 3.05) is 6.54 Å². The number of rotatable bonds is 12. The van der Waals surface area contributed by atoms with Crippen LogP contribution in [0.4, 0.5) is 0 Å². The van der Waals surface area contributed by atoms with Crippen molar-refractivity contribution in [1.29, 1.82) is 0 Å². The molecule has 0 saturated carbocycles. The number of hydrogen-bond acceptors (Lipinski definition) is 2. The highest BCUT2D eigenvalue weighted by molar-refractivity contribution is 5.88. The lowest BCUT2D eigenvalue weighted by Gasteiger charge is -2.31. The van der Waals surface area contributed by atoms with Crippen LogP contribution in [0.25, 0.3) is 0 Å². The third kappa shape index (κ3) is 8.89. The highest BCUT2D eigenvalue weighted by atomic mass is 16.2. The summed E-state index contributed by atoms with van der Waals surface area (Å²) in [6.45, 7) is 9.73. The Bertz CT molecular complexity index is 1100. The van der Waals surface area contributed by atoms with Gasteiger partial charge in [0.25, 0.3) is 0 Å². The van der Waals surface area contributed by atoms with Crippen molar-refractivity contribution in [3.05, 3.63) is 107 Å². The molecule has 3 rings (SSSR count). The molecule has 0 spiro atoms. The van der Waals surface area contributed by atoms with Crippen LogP contribution < -0.4 is 5.32 Å². The molecule has 4 nitrogen and oxygen atoms in total. The molecular formula is C33H42N2O2. The van der Waals surface area contributed by atoms with Crippen molar-refractivity contribution in [2.24, 2.45) is 0 Å². The molecule has 0 saturated heterocycles.